The minimum absolute atomic E-state index is 0.232. The number of aryl methyl sites for hydroxylation is 2. The monoisotopic (exact) mass is 404 g/mol. The zero-order valence-electron chi connectivity index (χ0n) is 17.0. The SMILES string of the molecule is CCOc1cccc(N(CC(=O)N[C@H](C)c2ccc(C)cc2C)S(C)(=O)=O)c1. The highest BCUT2D eigenvalue weighted by Gasteiger charge is 2.22. The van der Waals surface area contributed by atoms with Gasteiger partial charge in [-0.15, -0.1) is 0 Å². The quantitative estimate of drug-likeness (QED) is 0.732. The first kappa shape index (κ1) is 21.8. The van der Waals surface area contributed by atoms with E-state index in [1.807, 2.05) is 39.8 Å². The van der Waals surface area contributed by atoms with Gasteiger partial charge in [0.25, 0.3) is 0 Å². The Labute approximate surface area is 167 Å². The molecule has 0 heterocycles. The van der Waals surface area contributed by atoms with Crippen molar-refractivity contribution in [2.24, 2.45) is 0 Å². The third kappa shape index (κ3) is 5.73. The number of anilines is 1. The average molecular weight is 405 g/mol. The molecule has 6 nitrogen and oxygen atoms in total. The Morgan fingerprint density at radius 2 is 1.89 bits per heavy atom. The highest BCUT2D eigenvalue weighted by molar-refractivity contribution is 7.92. The predicted molar refractivity (Wildman–Crippen MR) is 112 cm³/mol. The lowest BCUT2D eigenvalue weighted by Crippen LogP contribution is -2.41. The number of ether oxygens (including phenoxy) is 1. The molecule has 7 heteroatoms. The number of nitrogens with one attached hydrogen (secondary N) is 1. The van der Waals surface area contributed by atoms with Crippen molar-refractivity contribution in [2.45, 2.75) is 33.7 Å². The summed E-state index contributed by atoms with van der Waals surface area (Å²) in [4.78, 5) is 12.6. The van der Waals surface area contributed by atoms with Crippen LogP contribution in [0.2, 0.25) is 0 Å². The Kier molecular flexibility index (Phi) is 7.07. The summed E-state index contributed by atoms with van der Waals surface area (Å²) in [5.74, 6) is 0.178. The van der Waals surface area contributed by atoms with Gasteiger partial charge in [0.05, 0.1) is 24.6 Å². The summed E-state index contributed by atoms with van der Waals surface area (Å²) in [6, 6.07) is 12.5. The van der Waals surface area contributed by atoms with Gasteiger partial charge >= 0.3 is 0 Å². The molecule has 0 aliphatic carbocycles. The molecule has 152 valence electrons. The zero-order valence-corrected chi connectivity index (χ0v) is 17.8. The summed E-state index contributed by atoms with van der Waals surface area (Å²) in [6.07, 6.45) is 1.08. The summed E-state index contributed by atoms with van der Waals surface area (Å²) in [5, 5.41) is 2.89. The lowest BCUT2D eigenvalue weighted by atomic mass is 10.0. The molecule has 0 saturated carbocycles. The fourth-order valence-electron chi connectivity index (χ4n) is 3.10. The molecule has 0 saturated heterocycles. The van der Waals surface area contributed by atoms with Crippen molar-refractivity contribution in [1.29, 1.82) is 0 Å². The van der Waals surface area contributed by atoms with Crippen molar-refractivity contribution in [3.05, 3.63) is 59.2 Å². The van der Waals surface area contributed by atoms with Crippen LogP contribution in [0.15, 0.2) is 42.5 Å². The van der Waals surface area contributed by atoms with E-state index in [1.54, 1.807) is 24.3 Å². The molecule has 2 aromatic rings. The molecular formula is C21H28N2O4S. The van der Waals surface area contributed by atoms with E-state index in [-0.39, 0.29) is 18.5 Å². The normalized spacial score (nSPS) is 12.3. The van der Waals surface area contributed by atoms with Crippen molar-refractivity contribution in [3.63, 3.8) is 0 Å². The molecule has 0 aromatic heterocycles. The topological polar surface area (TPSA) is 75.7 Å². The van der Waals surface area contributed by atoms with Crippen LogP contribution in [0, 0.1) is 13.8 Å². The number of amides is 1. The van der Waals surface area contributed by atoms with Gasteiger partial charge in [0.2, 0.25) is 15.9 Å². The van der Waals surface area contributed by atoms with Gasteiger partial charge < -0.3 is 10.1 Å². The molecule has 0 fully saturated rings. The van der Waals surface area contributed by atoms with Crippen LogP contribution >= 0.6 is 0 Å². The van der Waals surface area contributed by atoms with E-state index >= 15 is 0 Å². The van der Waals surface area contributed by atoms with Crippen LogP contribution in [0.5, 0.6) is 5.75 Å². The Morgan fingerprint density at radius 1 is 1.18 bits per heavy atom. The van der Waals surface area contributed by atoms with Crippen LogP contribution in [0.1, 0.15) is 36.6 Å². The van der Waals surface area contributed by atoms with E-state index in [9.17, 15) is 13.2 Å². The van der Waals surface area contributed by atoms with Gasteiger partial charge in [-0.25, -0.2) is 8.42 Å². The molecule has 0 bridgehead atoms. The minimum atomic E-state index is -3.64. The molecule has 2 aromatic carbocycles. The number of hydrogen-bond donors (Lipinski definition) is 1. The van der Waals surface area contributed by atoms with Gasteiger partial charge in [0, 0.05) is 6.07 Å². The fourth-order valence-corrected chi connectivity index (χ4v) is 3.95. The standard InChI is InChI=1S/C21H28N2O4S/c1-6-27-19-9-7-8-18(13-19)23(28(5,25)26)14-21(24)22-17(4)20-11-10-15(2)12-16(20)3/h7-13,17H,6,14H2,1-5H3,(H,22,24)/t17-/m1/s1. The lowest BCUT2D eigenvalue weighted by molar-refractivity contribution is -0.120. The summed E-state index contributed by atoms with van der Waals surface area (Å²) in [5.41, 5.74) is 3.63. The predicted octanol–water partition coefficient (Wildman–Crippen LogP) is 3.35. The molecule has 0 aliphatic heterocycles. The van der Waals surface area contributed by atoms with E-state index in [1.165, 1.54) is 0 Å². The molecule has 1 atom stereocenters. The Bertz CT molecular complexity index is 941. The van der Waals surface area contributed by atoms with Crippen LogP contribution < -0.4 is 14.4 Å². The smallest absolute Gasteiger partial charge is 0.241 e. The molecule has 1 N–H and O–H groups in total. The summed E-state index contributed by atoms with van der Waals surface area (Å²) < 4.78 is 31.1. The van der Waals surface area contributed by atoms with Crippen molar-refractivity contribution < 1.29 is 17.9 Å². The summed E-state index contributed by atoms with van der Waals surface area (Å²) >= 11 is 0. The van der Waals surface area contributed by atoms with E-state index in [0.29, 0.717) is 18.0 Å². The number of carbonyl (C=O) groups is 1. The molecule has 28 heavy (non-hydrogen) atoms. The molecule has 0 spiro atoms. The molecular weight excluding hydrogens is 376 g/mol. The highest BCUT2D eigenvalue weighted by Crippen LogP contribution is 2.24. The van der Waals surface area contributed by atoms with Gasteiger partial charge in [-0.05, 0) is 51.0 Å². The minimum Gasteiger partial charge on any atom is -0.494 e. The van der Waals surface area contributed by atoms with Gasteiger partial charge in [0.15, 0.2) is 0 Å². The van der Waals surface area contributed by atoms with E-state index < -0.39 is 10.0 Å². The Morgan fingerprint density at radius 3 is 2.50 bits per heavy atom. The van der Waals surface area contributed by atoms with Crippen LogP contribution in [0.25, 0.3) is 0 Å². The third-order valence-electron chi connectivity index (χ3n) is 4.37. The zero-order chi connectivity index (χ0) is 20.9. The largest absolute Gasteiger partial charge is 0.494 e. The first-order chi connectivity index (χ1) is 13.1. The van der Waals surface area contributed by atoms with E-state index in [0.717, 1.165) is 27.3 Å². The average Bonchev–Trinajstić information content (AvgIpc) is 2.59. The van der Waals surface area contributed by atoms with Crippen molar-refractivity contribution >= 4 is 21.6 Å². The van der Waals surface area contributed by atoms with Gasteiger partial charge in [0.1, 0.15) is 12.3 Å². The number of hydrogen-bond acceptors (Lipinski definition) is 4. The second kappa shape index (κ2) is 9.10. The van der Waals surface area contributed by atoms with Gasteiger partial charge in [-0.1, -0.05) is 29.8 Å². The molecule has 0 radical (unpaired) electrons. The first-order valence-electron chi connectivity index (χ1n) is 9.19. The highest BCUT2D eigenvalue weighted by atomic mass is 32.2. The van der Waals surface area contributed by atoms with Gasteiger partial charge in [-0.2, -0.15) is 0 Å². The maximum Gasteiger partial charge on any atom is 0.241 e. The number of carbonyl (C=O) groups excluding carboxylic acids is 1. The molecule has 2 rings (SSSR count). The van der Waals surface area contributed by atoms with Crippen LogP contribution in [0.3, 0.4) is 0 Å². The molecule has 1 amide bonds. The van der Waals surface area contributed by atoms with Crippen LogP contribution in [0.4, 0.5) is 5.69 Å². The maximum absolute atomic E-state index is 12.6. The third-order valence-corrected chi connectivity index (χ3v) is 5.51. The number of rotatable bonds is 8. The first-order valence-corrected chi connectivity index (χ1v) is 11.0. The number of nitrogens with zero attached hydrogens (tertiary/aromatic N) is 1. The number of benzene rings is 2. The summed E-state index contributed by atoms with van der Waals surface area (Å²) in [6.45, 7) is 7.91. The maximum atomic E-state index is 12.6. The second-order valence-electron chi connectivity index (χ2n) is 6.85. The van der Waals surface area contributed by atoms with Crippen molar-refractivity contribution in [3.8, 4) is 5.75 Å². The van der Waals surface area contributed by atoms with E-state index in [2.05, 4.69) is 11.4 Å². The lowest BCUT2D eigenvalue weighted by Gasteiger charge is -2.24. The van der Waals surface area contributed by atoms with E-state index in [4.69, 9.17) is 4.74 Å². The molecule has 0 unspecified atom stereocenters. The number of sulfonamides is 1. The fraction of sp³-hybridized carbons (Fsp3) is 0.381. The molecule has 0 aliphatic rings. The Hall–Kier alpha value is -2.54. The van der Waals surface area contributed by atoms with Crippen molar-refractivity contribution in [1.82, 2.24) is 5.32 Å². The van der Waals surface area contributed by atoms with Gasteiger partial charge in [-0.3, -0.25) is 9.10 Å². The summed E-state index contributed by atoms with van der Waals surface area (Å²) in [7, 11) is -3.64. The second-order valence-corrected chi connectivity index (χ2v) is 8.76. The van der Waals surface area contributed by atoms with Crippen molar-refractivity contribution in [2.75, 3.05) is 23.7 Å². The van der Waals surface area contributed by atoms with Crippen LogP contribution in [-0.2, 0) is 14.8 Å². The Balaban J connectivity index is 2.18. The van der Waals surface area contributed by atoms with Crippen LogP contribution in [-0.4, -0.2) is 33.7 Å².